The summed E-state index contributed by atoms with van der Waals surface area (Å²) in [6.45, 7) is 3.46. The third-order valence-corrected chi connectivity index (χ3v) is 5.27. The number of fused-ring (bicyclic) bond motifs is 1. The zero-order valence-electron chi connectivity index (χ0n) is 15.9. The molecular weight excluding hydrogens is 344 g/mol. The van der Waals surface area contributed by atoms with Crippen molar-refractivity contribution in [3.05, 3.63) is 34.9 Å². The Labute approximate surface area is 158 Å². The summed E-state index contributed by atoms with van der Waals surface area (Å²) >= 11 is 0. The first kappa shape index (κ1) is 17.8. The van der Waals surface area contributed by atoms with Crippen LogP contribution in [0.15, 0.2) is 12.4 Å². The number of hydrogen-bond acceptors (Lipinski definition) is 4. The molecule has 0 radical (unpaired) electrons. The molecule has 8 heteroatoms. The minimum absolute atomic E-state index is 0.0602. The summed E-state index contributed by atoms with van der Waals surface area (Å²) < 4.78 is 3.59. The van der Waals surface area contributed by atoms with Crippen molar-refractivity contribution in [1.29, 1.82) is 0 Å². The van der Waals surface area contributed by atoms with Crippen LogP contribution in [0.5, 0.6) is 0 Å². The Morgan fingerprint density at radius 2 is 2.15 bits per heavy atom. The van der Waals surface area contributed by atoms with Gasteiger partial charge in [0.25, 0.3) is 0 Å². The number of nitrogens with one attached hydrogen (secondary N) is 1. The maximum absolute atomic E-state index is 12.7. The fourth-order valence-electron chi connectivity index (χ4n) is 3.63. The summed E-state index contributed by atoms with van der Waals surface area (Å²) in [6, 6.07) is 0.384. The summed E-state index contributed by atoms with van der Waals surface area (Å²) in [5, 5.41) is 11.8. The van der Waals surface area contributed by atoms with E-state index in [0.29, 0.717) is 32.0 Å². The lowest BCUT2D eigenvalue weighted by molar-refractivity contribution is -0.133. The van der Waals surface area contributed by atoms with E-state index >= 15 is 0 Å². The van der Waals surface area contributed by atoms with Gasteiger partial charge < -0.3 is 10.2 Å². The average molecular weight is 370 g/mol. The van der Waals surface area contributed by atoms with Crippen molar-refractivity contribution in [2.75, 3.05) is 6.54 Å². The number of amides is 2. The fraction of sp³-hybridized carbons (Fsp3) is 0.579. The highest BCUT2D eigenvalue weighted by Gasteiger charge is 2.27. The fourth-order valence-corrected chi connectivity index (χ4v) is 3.63. The molecule has 2 aliphatic rings. The quantitative estimate of drug-likeness (QED) is 0.812. The summed E-state index contributed by atoms with van der Waals surface area (Å²) in [5.74, 6) is 0.153. The molecule has 0 atom stereocenters. The van der Waals surface area contributed by atoms with Crippen LogP contribution < -0.4 is 5.32 Å². The van der Waals surface area contributed by atoms with Gasteiger partial charge in [0, 0.05) is 62.9 Å². The highest BCUT2D eigenvalue weighted by Crippen LogP contribution is 2.24. The Hall–Kier alpha value is -2.64. The molecular formula is C19H26N6O2. The Kier molecular flexibility index (Phi) is 4.72. The summed E-state index contributed by atoms with van der Waals surface area (Å²) in [6.07, 6.45) is 7.67. The lowest BCUT2D eigenvalue weighted by atomic mass is 10.0. The molecule has 2 aromatic heterocycles. The predicted octanol–water partition coefficient (Wildman–Crippen LogP) is 0.721. The van der Waals surface area contributed by atoms with Crippen LogP contribution in [0.4, 0.5) is 0 Å². The molecule has 0 aromatic carbocycles. The van der Waals surface area contributed by atoms with Crippen molar-refractivity contribution in [3.8, 4) is 0 Å². The van der Waals surface area contributed by atoms with Crippen molar-refractivity contribution >= 4 is 11.8 Å². The second-order valence-electron chi connectivity index (χ2n) is 7.62. The Balaban J connectivity index is 1.41. The molecule has 3 heterocycles. The number of nitrogens with zero attached hydrogens (tertiary/aromatic N) is 5. The third kappa shape index (κ3) is 4.04. The van der Waals surface area contributed by atoms with Gasteiger partial charge in [0.15, 0.2) is 0 Å². The van der Waals surface area contributed by atoms with Crippen molar-refractivity contribution in [2.45, 2.75) is 58.2 Å². The summed E-state index contributed by atoms with van der Waals surface area (Å²) in [5.41, 5.74) is 4.26. The Bertz CT molecular complexity index is 864. The van der Waals surface area contributed by atoms with Gasteiger partial charge in [-0.1, -0.05) is 0 Å². The van der Waals surface area contributed by atoms with E-state index in [1.807, 2.05) is 29.7 Å². The van der Waals surface area contributed by atoms with Crippen LogP contribution in [0.1, 0.15) is 41.8 Å². The van der Waals surface area contributed by atoms with Crippen molar-refractivity contribution in [3.63, 3.8) is 0 Å². The summed E-state index contributed by atoms with van der Waals surface area (Å²) in [4.78, 5) is 26.5. The van der Waals surface area contributed by atoms with Gasteiger partial charge in [0.1, 0.15) is 6.54 Å². The van der Waals surface area contributed by atoms with Gasteiger partial charge in [-0.15, -0.1) is 0 Å². The first-order chi connectivity index (χ1) is 13.0. The molecule has 2 amide bonds. The SMILES string of the molecule is Cc1cnn(CC(=O)N2CCc3c(c(CCC(=O)NC4CC4)nn3C)C2)c1. The lowest BCUT2D eigenvalue weighted by Crippen LogP contribution is -2.38. The number of carbonyl (C=O) groups is 2. The highest BCUT2D eigenvalue weighted by molar-refractivity contribution is 5.77. The first-order valence-corrected chi connectivity index (χ1v) is 9.59. The standard InChI is InChI=1S/C19H26N6O2/c1-13-9-20-25(10-13)12-19(27)24-8-7-17-15(11-24)16(22-23(17)2)5-6-18(26)21-14-3-4-14/h9-10,14H,3-8,11-12H2,1-2H3,(H,21,26). The van der Waals surface area contributed by atoms with Gasteiger partial charge in [-0.2, -0.15) is 10.2 Å². The second-order valence-corrected chi connectivity index (χ2v) is 7.62. The molecule has 0 spiro atoms. The molecule has 0 bridgehead atoms. The maximum atomic E-state index is 12.7. The largest absolute Gasteiger partial charge is 0.353 e. The minimum Gasteiger partial charge on any atom is -0.353 e. The summed E-state index contributed by atoms with van der Waals surface area (Å²) in [7, 11) is 1.94. The monoisotopic (exact) mass is 370 g/mol. The molecule has 1 fully saturated rings. The molecule has 1 aliphatic heterocycles. The van der Waals surface area contributed by atoms with Crippen LogP contribution in [-0.2, 0) is 42.6 Å². The molecule has 4 rings (SSSR count). The van der Waals surface area contributed by atoms with Crippen molar-refractivity contribution in [2.24, 2.45) is 7.05 Å². The number of carbonyl (C=O) groups excluding carboxylic acids is 2. The van der Waals surface area contributed by atoms with Gasteiger partial charge in [-0.05, 0) is 25.3 Å². The van der Waals surface area contributed by atoms with Crippen LogP contribution in [0, 0.1) is 6.92 Å². The first-order valence-electron chi connectivity index (χ1n) is 9.59. The second kappa shape index (κ2) is 7.17. The smallest absolute Gasteiger partial charge is 0.244 e. The van der Waals surface area contributed by atoms with Crippen LogP contribution in [0.3, 0.4) is 0 Å². The normalized spacial score (nSPS) is 16.3. The zero-order chi connectivity index (χ0) is 19.0. The molecule has 0 saturated heterocycles. The van der Waals surface area contributed by atoms with Crippen LogP contribution in [-0.4, -0.2) is 48.9 Å². The van der Waals surface area contributed by atoms with E-state index in [-0.39, 0.29) is 18.4 Å². The van der Waals surface area contributed by atoms with Crippen molar-refractivity contribution < 1.29 is 9.59 Å². The molecule has 8 nitrogen and oxygen atoms in total. The molecule has 1 saturated carbocycles. The Morgan fingerprint density at radius 1 is 1.33 bits per heavy atom. The molecule has 144 valence electrons. The van der Waals surface area contributed by atoms with E-state index < -0.39 is 0 Å². The highest BCUT2D eigenvalue weighted by atomic mass is 16.2. The lowest BCUT2D eigenvalue weighted by Gasteiger charge is -2.27. The molecule has 1 N–H and O–H groups in total. The predicted molar refractivity (Wildman–Crippen MR) is 98.8 cm³/mol. The van der Waals surface area contributed by atoms with Crippen molar-refractivity contribution in [1.82, 2.24) is 29.8 Å². The molecule has 1 aliphatic carbocycles. The van der Waals surface area contributed by atoms with Gasteiger partial charge in [0.2, 0.25) is 11.8 Å². The van der Waals surface area contributed by atoms with E-state index in [1.165, 1.54) is 5.69 Å². The molecule has 0 unspecified atom stereocenters. The van der Waals surface area contributed by atoms with E-state index in [2.05, 4.69) is 15.5 Å². The van der Waals surface area contributed by atoms with Crippen LogP contribution in [0.2, 0.25) is 0 Å². The Morgan fingerprint density at radius 3 is 2.85 bits per heavy atom. The van der Waals surface area contributed by atoms with Crippen LogP contribution in [0.25, 0.3) is 0 Å². The van der Waals surface area contributed by atoms with Gasteiger partial charge in [-0.25, -0.2) is 0 Å². The third-order valence-electron chi connectivity index (χ3n) is 5.27. The van der Waals surface area contributed by atoms with Gasteiger partial charge in [-0.3, -0.25) is 19.0 Å². The maximum Gasteiger partial charge on any atom is 0.244 e. The van der Waals surface area contributed by atoms with Gasteiger partial charge in [0.05, 0.1) is 11.9 Å². The van der Waals surface area contributed by atoms with E-state index in [4.69, 9.17) is 0 Å². The van der Waals surface area contributed by atoms with E-state index in [0.717, 1.165) is 36.1 Å². The van der Waals surface area contributed by atoms with E-state index in [1.54, 1.807) is 10.9 Å². The topological polar surface area (TPSA) is 85.1 Å². The number of hydrogen-bond donors (Lipinski definition) is 1. The average Bonchev–Trinajstić information content (AvgIpc) is 3.27. The van der Waals surface area contributed by atoms with Crippen LogP contribution >= 0.6 is 0 Å². The number of aryl methyl sites for hydroxylation is 3. The zero-order valence-corrected chi connectivity index (χ0v) is 15.9. The molecule has 2 aromatic rings. The number of rotatable bonds is 6. The van der Waals surface area contributed by atoms with Gasteiger partial charge >= 0.3 is 0 Å². The van der Waals surface area contributed by atoms with E-state index in [9.17, 15) is 9.59 Å². The minimum atomic E-state index is 0.0602. The molecule has 27 heavy (non-hydrogen) atoms. The number of aromatic nitrogens is 4.